The molecule has 1 atom stereocenters. The second kappa shape index (κ2) is 8.81. The normalized spacial score (nSPS) is 12.2. The summed E-state index contributed by atoms with van der Waals surface area (Å²) in [5.41, 5.74) is 1.30. The average Bonchev–Trinajstić information content (AvgIpc) is 2.40. The molecule has 3 heteroatoms. The van der Waals surface area contributed by atoms with E-state index < -0.39 is 0 Å². The van der Waals surface area contributed by atoms with Gasteiger partial charge in [-0.2, -0.15) is 0 Å². The lowest BCUT2D eigenvalue weighted by Crippen LogP contribution is -2.25. The Morgan fingerprint density at radius 1 is 1.05 bits per heavy atom. The number of nitrogens with one attached hydrogen (secondary N) is 1. The van der Waals surface area contributed by atoms with Gasteiger partial charge in [0.2, 0.25) is 0 Å². The topological polar surface area (TPSA) is 30.5 Å². The molecule has 1 rings (SSSR count). The molecule has 0 saturated carbocycles. The fraction of sp³-hybridized carbons (Fsp3) is 0.625. The molecule has 1 aromatic rings. The van der Waals surface area contributed by atoms with Gasteiger partial charge in [-0.1, -0.05) is 13.0 Å². The predicted molar refractivity (Wildman–Crippen MR) is 80.2 cm³/mol. The van der Waals surface area contributed by atoms with Crippen LogP contribution in [-0.4, -0.2) is 25.8 Å². The van der Waals surface area contributed by atoms with E-state index >= 15 is 0 Å². The molecule has 108 valence electrons. The number of hydrogen-bond acceptors (Lipinski definition) is 3. The van der Waals surface area contributed by atoms with E-state index in [2.05, 4.69) is 31.3 Å². The minimum absolute atomic E-state index is 0.548. The Morgan fingerprint density at radius 3 is 2.37 bits per heavy atom. The Kier molecular flexibility index (Phi) is 7.34. The first kappa shape index (κ1) is 15.8. The summed E-state index contributed by atoms with van der Waals surface area (Å²) in [5, 5.41) is 3.43. The number of ether oxygens (including phenoxy) is 2. The number of aryl methyl sites for hydroxylation is 1. The largest absolute Gasteiger partial charge is 0.490 e. The zero-order valence-electron chi connectivity index (χ0n) is 12.7. The summed E-state index contributed by atoms with van der Waals surface area (Å²) in [6.45, 7) is 10.7. The molecule has 0 amide bonds. The first-order valence-electron chi connectivity index (χ1n) is 7.33. The van der Waals surface area contributed by atoms with Gasteiger partial charge in [-0.3, -0.25) is 0 Å². The standard InChI is InChI=1S/C16H27NO2/c1-5-17-13(4)8-9-14-10-11-15(18-6-2)16(12-14)19-7-3/h10-13,17H,5-9H2,1-4H3. The maximum absolute atomic E-state index is 5.64. The van der Waals surface area contributed by atoms with Gasteiger partial charge < -0.3 is 14.8 Å². The quantitative estimate of drug-likeness (QED) is 0.742. The molecule has 1 N–H and O–H groups in total. The second-order valence-corrected chi connectivity index (χ2v) is 4.64. The maximum Gasteiger partial charge on any atom is 0.161 e. The van der Waals surface area contributed by atoms with Crippen LogP contribution in [0, 0.1) is 0 Å². The van der Waals surface area contributed by atoms with Crippen molar-refractivity contribution >= 4 is 0 Å². The molecule has 0 fully saturated rings. The minimum atomic E-state index is 0.548. The molecule has 0 aliphatic rings. The molecule has 0 bridgehead atoms. The highest BCUT2D eigenvalue weighted by Gasteiger charge is 2.07. The molecule has 0 aliphatic heterocycles. The van der Waals surface area contributed by atoms with Crippen molar-refractivity contribution in [1.82, 2.24) is 5.32 Å². The molecule has 1 unspecified atom stereocenters. The second-order valence-electron chi connectivity index (χ2n) is 4.64. The van der Waals surface area contributed by atoms with E-state index in [1.54, 1.807) is 0 Å². The maximum atomic E-state index is 5.64. The van der Waals surface area contributed by atoms with Crippen molar-refractivity contribution in [2.45, 2.75) is 46.6 Å². The highest BCUT2D eigenvalue weighted by atomic mass is 16.5. The van der Waals surface area contributed by atoms with Crippen molar-refractivity contribution in [2.24, 2.45) is 0 Å². The summed E-state index contributed by atoms with van der Waals surface area (Å²) in [5.74, 6) is 1.70. The van der Waals surface area contributed by atoms with E-state index in [9.17, 15) is 0 Å². The summed E-state index contributed by atoms with van der Waals surface area (Å²) in [6, 6.07) is 6.80. The van der Waals surface area contributed by atoms with Gasteiger partial charge in [-0.15, -0.1) is 0 Å². The molecular weight excluding hydrogens is 238 g/mol. The first-order chi connectivity index (χ1) is 9.21. The van der Waals surface area contributed by atoms with E-state index in [1.165, 1.54) is 5.56 Å². The summed E-state index contributed by atoms with van der Waals surface area (Å²) < 4.78 is 11.2. The molecule has 0 heterocycles. The van der Waals surface area contributed by atoms with Crippen LogP contribution in [0.15, 0.2) is 18.2 Å². The highest BCUT2D eigenvalue weighted by molar-refractivity contribution is 5.43. The third-order valence-electron chi connectivity index (χ3n) is 3.03. The Balaban J connectivity index is 2.66. The Labute approximate surface area is 117 Å². The lowest BCUT2D eigenvalue weighted by atomic mass is 10.1. The predicted octanol–water partition coefficient (Wildman–Crippen LogP) is 3.41. The molecule has 19 heavy (non-hydrogen) atoms. The van der Waals surface area contributed by atoms with Crippen LogP contribution in [0.2, 0.25) is 0 Å². The smallest absolute Gasteiger partial charge is 0.161 e. The summed E-state index contributed by atoms with van der Waals surface area (Å²) in [4.78, 5) is 0. The average molecular weight is 265 g/mol. The Hall–Kier alpha value is -1.22. The Morgan fingerprint density at radius 2 is 1.74 bits per heavy atom. The molecule has 0 aromatic heterocycles. The van der Waals surface area contributed by atoms with Crippen LogP contribution in [0.3, 0.4) is 0 Å². The van der Waals surface area contributed by atoms with Crippen LogP contribution in [0.4, 0.5) is 0 Å². The Bertz CT molecular complexity index is 366. The van der Waals surface area contributed by atoms with E-state index in [0.717, 1.165) is 30.9 Å². The summed E-state index contributed by atoms with van der Waals surface area (Å²) in [7, 11) is 0. The minimum Gasteiger partial charge on any atom is -0.490 e. The zero-order chi connectivity index (χ0) is 14.1. The number of benzene rings is 1. The van der Waals surface area contributed by atoms with E-state index in [4.69, 9.17) is 9.47 Å². The summed E-state index contributed by atoms with van der Waals surface area (Å²) in [6.07, 6.45) is 2.19. The SMILES string of the molecule is CCNC(C)CCc1ccc(OCC)c(OCC)c1. The van der Waals surface area contributed by atoms with Gasteiger partial charge in [0, 0.05) is 6.04 Å². The van der Waals surface area contributed by atoms with Gasteiger partial charge in [0.15, 0.2) is 11.5 Å². The van der Waals surface area contributed by atoms with Crippen LogP contribution in [-0.2, 0) is 6.42 Å². The van der Waals surface area contributed by atoms with Crippen molar-refractivity contribution in [3.05, 3.63) is 23.8 Å². The van der Waals surface area contributed by atoms with Gasteiger partial charge in [-0.25, -0.2) is 0 Å². The van der Waals surface area contributed by atoms with Crippen molar-refractivity contribution in [3.63, 3.8) is 0 Å². The highest BCUT2D eigenvalue weighted by Crippen LogP contribution is 2.29. The van der Waals surface area contributed by atoms with Gasteiger partial charge in [-0.05, 0) is 57.9 Å². The molecule has 0 radical (unpaired) electrons. The molecule has 0 saturated heterocycles. The zero-order valence-corrected chi connectivity index (χ0v) is 12.7. The van der Waals surface area contributed by atoms with E-state index in [-0.39, 0.29) is 0 Å². The monoisotopic (exact) mass is 265 g/mol. The van der Waals surface area contributed by atoms with Gasteiger partial charge in [0.25, 0.3) is 0 Å². The fourth-order valence-electron chi connectivity index (χ4n) is 2.08. The third kappa shape index (κ3) is 5.52. The van der Waals surface area contributed by atoms with E-state index in [1.807, 2.05) is 19.9 Å². The molecule has 0 aliphatic carbocycles. The van der Waals surface area contributed by atoms with Crippen LogP contribution in [0.1, 0.15) is 39.7 Å². The van der Waals surface area contributed by atoms with E-state index in [0.29, 0.717) is 19.3 Å². The first-order valence-corrected chi connectivity index (χ1v) is 7.33. The van der Waals surface area contributed by atoms with Crippen LogP contribution in [0.5, 0.6) is 11.5 Å². The molecule has 0 spiro atoms. The van der Waals surface area contributed by atoms with Gasteiger partial charge in [0.05, 0.1) is 13.2 Å². The lowest BCUT2D eigenvalue weighted by Gasteiger charge is -2.14. The third-order valence-corrected chi connectivity index (χ3v) is 3.03. The van der Waals surface area contributed by atoms with Gasteiger partial charge in [0.1, 0.15) is 0 Å². The van der Waals surface area contributed by atoms with Crippen LogP contribution >= 0.6 is 0 Å². The molecular formula is C16H27NO2. The fourth-order valence-corrected chi connectivity index (χ4v) is 2.08. The molecule has 1 aromatic carbocycles. The van der Waals surface area contributed by atoms with Crippen molar-refractivity contribution in [2.75, 3.05) is 19.8 Å². The lowest BCUT2D eigenvalue weighted by molar-refractivity contribution is 0.287. The summed E-state index contributed by atoms with van der Waals surface area (Å²) >= 11 is 0. The van der Waals surface area contributed by atoms with Crippen molar-refractivity contribution in [1.29, 1.82) is 0 Å². The van der Waals surface area contributed by atoms with Crippen molar-refractivity contribution in [3.8, 4) is 11.5 Å². The molecule has 3 nitrogen and oxygen atoms in total. The van der Waals surface area contributed by atoms with Gasteiger partial charge >= 0.3 is 0 Å². The number of hydrogen-bond donors (Lipinski definition) is 1. The number of rotatable bonds is 9. The van der Waals surface area contributed by atoms with Crippen molar-refractivity contribution < 1.29 is 9.47 Å². The van der Waals surface area contributed by atoms with Crippen LogP contribution in [0.25, 0.3) is 0 Å². The van der Waals surface area contributed by atoms with Crippen LogP contribution < -0.4 is 14.8 Å².